The lowest BCUT2D eigenvalue weighted by molar-refractivity contribution is 0.276. The lowest BCUT2D eigenvalue weighted by atomic mass is 10.2. The number of hydrogen-bond acceptors (Lipinski definition) is 4. The zero-order valence-electron chi connectivity index (χ0n) is 13.3. The summed E-state index contributed by atoms with van der Waals surface area (Å²) in [6.45, 7) is 6.09. The summed E-state index contributed by atoms with van der Waals surface area (Å²) in [6, 6.07) is 16.1. The first-order chi connectivity index (χ1) is 10.8. The second-order valence-electron chi connectivity index (χ2n) is 4.91. The smallest absolute Gasteiger partial charge is 0.161 e. The molecule has 0 aliphatic rings. The van der Waals surface area contributed by atoms with Crippen molar-refractivity contribution in [2.24, 2.45) is 0 Å². The van der Waals surface area contributed by atoms with Gasteiger partial charge in [0.2, 0.25) is 0 Å². The normalized spacial score (nSPS) is 10.3. The van der Waals surface area contributed by atoms with Gasteiger partial charge in [-0.25, -0.2) is 5.43 Å². The molecule has 0 atom stereocenters. The van der Waals surface area contributed by atoms with Crippen molar-refractivity contribution in [1.82, 2.24) is 5.43 Å². The van der Waals surface area contributed by atoms with E-state index in [2.05, 4.69) is 17.8 Å². The molecule has 0 bridgehead atoms. The maximum absolute atomic E-state index is 5.71. The molecule has 4 nitrogen and oxygen atoms in total. The van der Waals surface area contributed by atoms with E-state index in [1.807, 2.05) is 55.5 Å². The molecule has 2 aromatic rings. The number of rotatable bonds is 9. The molecule has 2 N–H and O–H groups in total. The Morgan fingerprint density at radius 1 is 0.909 bits per heavy atom. The van der Waals surface area contributed by atoms with Crippen molar-refractivity contribution in [1.29, 1.82) is 0 Å². The van der Waals surface area contributed by atoms with Crippen LogP contribution in [0, 0.1) is 0 Å². The van der Waals surface area contributed by atoms with Crippen molar-refractivity contribution < 1.29 is 9.47 Å². The molecule has 0 radical (unpaired) electrons. The maximum Gasteiger partial charge on any atom is 0.161 e. The minimum Gasteiger partial charge on any atom is -0.490 e. The summed E-state index contributed by atoms with van der Waals surface area (Å²) in [5, 5.41) is 0. The van der Waals surface area contributed by atoms with Crippen LogP contribution in [0.15, 0.2) is 48.5 Å². The first kappa shape index (κ1) is 16.2. The molecule has 2 rings (SSSR count). The molecule has 0 unspecified atom stereocenters. The van der Waals surface area contributed by atoms with E-state index in [0.717, 1.165) is 29.2 Å². The summed E-state index contributed by atoms with van der Waals surface area (Å²) >= 11 is 0. The van der Waals surface area contributed by atoms with E-state index < -0.39 is 0 Å². The minimum absolute atomic E-state index is 0.627. The Kier molecular flexibility index (Phi) is 6.58. The van der Waals surface area contributed by atoms with Crippen LogP contribution in [0.2, 0.25) is 0 Å². The van der Waals surface area contributed by atoms with E-state index in [-0.39, 0.29) is 0 Å². The lowest BCUT2D eigenvalue weighted by Gasteiger charge is -2.14. The molecule has 0 aromatic heterocycles. The zero-order chi connectivity index (χ0) is 15.6. The van der Waals surface area contributed by atoms with Crippen LogP contribution in [0.1, 0.15) is 25.8 Å². The van der Waals surface area contributed by atoms with Crippen LogP contribution in [0.4, 0.5) is 5.69 Å². The van der Waals surface area contributed by atoms with Crippen molar-refractivity contribution in [3.63, 3.8) is 0 Å². The molecule has 0 aliphatic carbocycles. The topological polar surface area (TPSA) is 42.5 Å². The first-order valence-electron chi connectivity index (χ1n) is 7.76. The number of hydrogen-bond donors (Lipinski definition) is 2. The number of para-hydroxylation sites is 1. The summed E-state index contributed by atoms with van der Waals surface area (Å²) < 4.78 is 11.4. The van der Waals surface area contributed by atoms with Crippen LogP contribution in [0.25, 0.3) is 0 Å². The Balaban J connectivity index is 1.94. The van der Waals surface area contributed by atoms with Crippen molar-refractivity contribution in [3.05, 3.63) is 54.1 Å². The number of ether oxygens (including phenoxy) is 2. The average Bonchev–Trinajstić information content (AvgIpc) is 2.55. The molecule has 0 saturated carbocycles. The summed E-state index contributed by atoms with van der Waals surface area (Å²) in [7, 11) is 0. The third-order valence-electron chi connectivity index (χ3n) is 3.07. The number of hydrazine groups is 1. The molecule has 2 aromatic carbocycles. The van der Waals surface area contributed by atoms with Crippen LogP contribution in [0.5, 0.6) is 11.5 Å². The molecular weight excluding hydrogens is 276 g/mol. The number of anilines is 1. The highest BCUT2D eigenvalue weighted by atomic mass is 16.5. The van der Waals surface area contributed by atoms with E-state index in [4.69, 9.17) is 9.47 Å². The van der Waals surface area contributed by atoms with Crippen LogP contribution >= 0.6 is 0 Å². The van der Waals surface area contributed by atoms with Gasteiger partial charge in [0.15, 0.2) is 11.5 Å². The lowest BCUT2D eigenvalue weighted by Crippen LogP contribution is -2.20. The highest BCUT2D eigenvalue weighted by Crippen LogP contribution is 2.28. The number of benzene rings is 2. The van der Waals surface area contributed by atoms with Gasteiger partial charge in [-0.2, -0.15) is 0 Å². The zero-order valence-corrected chi connectivity index (χ0v) is 13.3. The molecule has 0 saturated heterocycles. The highest BCUT2D eigenvalue weighted by Gasteiger charge is 2.06. The van der Waals surface area contributed by atoms with Crippen molar-refractivity contribution >= 4 is 5.69 Å². The summed E-state index contributed by atoms with van der Waals surface area (Å²) in [6.07, 6.45) is 0.982. The monoisotopic (exact) mass is 300 g/mol. The third-order valence-corrected chi connectivity index (χ3v) is 3.07. The van der Waals surface area contributed by atoms with E-state index in [0.29, 0.717) is 19.8 Å². The molecule has 0 aliphatic heterocycles. The van der Waals surface area contributed by atoms with Gasteiger partial charge in [0.05, 0.1) is 13.2 Å². The van der Waals surface area contributed by atoms with E-state index >= 15 is 0 Å². The molecule has 0 spiro atoms. The second kappa shape index (κ2) is 8.95. The Labute approximate surface area is 132 Å². The molecular formula is C18H24N2O2. The van der Waals surface area contributed by atoms with Crippen LogP contribution in [0.3, 0.4) is 0 Å². The second-order valence-corrected chi connectivity index (χ2v) is 4.91. The van der Waals surface area contributed by atoms with Crippen LogP contribution < -0.4 is 20.3 Å². The Morgan fingerprint density at radius 3 is 2.45 bits per heavy atom. The molecule has 0 amide bonds. The van der Waals surface area contributed by atoms with Gasteiger partial charge >= 0.3 is 0 Å². The van der Waals surface area contributed by atoms with E-state index in [1.165, 1.54) is 0 Å². The standard InChI is InChI=1S/C18H24N2O2/c1-3-12-22-17-11-10-15(13-18(17)21-4-2)14-19-20-16-8-6-5-7-9-16/h5-11,13,19-20H,3-4,12,14H2,1-2H3. The van der Waals surface area contributed by atoms with E-state index in [1.54, 1.807) is 0 Å². The van der Waals surface area contributed by atoms with Gasteiger partial charge in [-0.3, -0.25) is 0 Å². The largest absolute Gasteiger partial charge is 0.490 e. The Morgan fingerprint density at radius 2 is 1.73 bits per heavy atom. The number of nitrogens with one attached hydrogen (secondary N) is 2. The Hall–Kier alpha value is -2.20. The van der Waals surface area contributed by atoms with Gasteiger partial charge in [0, 0.05) is 12.2 Å². The molecule has 0 heterocycles. The maximum atomic E-state index is 5.71. The van der Waals surface area contributed by atoms with Crippen molar-refractivity contribution in [2.45, 2.75) is 26.8 Å². The summed E-state index contributed by atoms with van der Waals surface area (Å²) in [5.41, 5.74) is 8.55. The SMILES string of the molecule is CCCOc1ccc(CNNc2ccccc2)cc1OCC. The predicted molar refractivity (Wildman–Crippen MR) is 90.3 cm³/mol. The summed E-state index contributed by atoms with van der Waals surface area (Å²) in [4.78, 5) is 0. The molecule has 118 valence electrons. The average molecular weight is 300 g/mol. The quantitative estimate of drug-likeness (QED) is 0.687. The van der Waals surface area contributed by atoms with Gasteiger partial charge in [0.25, 0.3) is 0 Å². The predicted octanol–water partition coefficient (Wildman–Crippen LogP) is 3.99. The minimum atomic E-state index is 0.627. The van der Waals surface area contributed by atoms with Gasteiger partial charge in [-0.15, -0.1) is 0 Å². The van der Waals surface area contributed by atoms with Gasteiger partial charge in [-0.1, -0.05) is 31.2 Å². The van der Waals surface area contributed by atoms with Gasteiger partial charge in [-0.05, 0) is 43.2 Å². The molecule has 4 heteroatoms. The molecule has 22 heavy (non-hydrogen) atoms. The van der Waals surface area contributed by atoms with Crippen LogP contribution in [-0.4, -0.2) is 13.2 Å². The molecule has 0 fully saturated rings. The van der Waals surface area contributed by atoms with Gasteiger partial charge in [0.1, 0.15) is 0 Å². The summed E-state index contributed by atoms with van der Waals surface area (Å²) in [5.74, 6) is 1.61. The van der Waals surface area contributed by atoms with Gasteiger partial charge < -0.3 is 14.9 Å². The van der Waals surface area contributed by atoms with Crippen LogP contribution in [-0.2, 0) is 6.54 Å². The fraction of sp³-hybridized carbons (Fsp3) is 0.333. The highest BCUT2D eigenvalue weighted by molar-refractivity contribution is 5.44. The van der Waals surface area contributed by atoms with Crippen molar-refractivity contribution in [3.8, 4) is 11.5 Å². The fourth-order valence-electron chi connectivity index (χ4n) is 2.03. The first-order valence-corrected chi connectivity index (χ1v) is 7.76. The Bertz CT molecular complexity index is 558. The third kappa shape index (κ3) is 4.97. The fourth-order valence-corrected chi connectivity index (χ4v) is 2.03. The van der Waals surface area contributed by atoms with E-state index in [9.17, 15) is 0 Å². The van der Waals surface area contributed by atoms with Crippen molar-refractivity contribution in [2.75, 3.05) is 18.6 Å².